The molecule has 1 saturated carbocycles. The number of amides is 3. The predicted octanol–water partition coefficient (Wildman–Crippen LogP) is 1.71. The fourth-order valence-electron chi connectivity index (χ4n) is 5.88. The molecule has 4 aliphatic rings. The lowest BCUT2D eigenvalue weighted by Crippen LogP contribution is -2.52. The lowest BCUT2D eigenvalue weighted by molar-refractivity contribution is -0.144. The molecular formula is C20H31N3O4. The summed E-state index contributed by atoms with van der Waals surface area (Å²) < 4.78 is 5.24. The van der Waals surface area contributed by atoms with Gasteiger partial charge >= 0.3 is 6.09 Å². The van der Waals surface area contributed by atoms with Crippen LogP contribution in [-0.4, -0.2) is 77.0 Å². The number of imide groups is 1. The smallest absolute Gasteiger partial charge is 0.410 e. The first-order valence-electron chi connectivity index (χ1n) is 10.5. The van der Waals surface area contributed by atoms with Crippen LogP contribution >= 0.6 is 0 Å². The number of hydrogen-bond donors (Lipinski definition) is 0. The number of nitrogens with zero attached hydrogens (tertiary/aromatic N) is 3. The summed E-state index contributed by atoms with van der Waals surface area (Å²) >= 11 is 0. The second-order valence-electron chi connectivity index (χ2n) is 8.53. The van der Waals surface area contributed by atoms with Crippen molar-refractivity contribution in [2.24, 2.45) is 17.8 Å². The summed E-state index contributed by atoms with van der Waals surface area (Å²) in [4.78, 5) is 42.4. The molecule has 3 heterocycles. The Hall–Kier alpha value is -1.63. The van der Waals surface area contributed by atoms with Crippen LogP contribution in [0.3, 0.4) is 0 Å². The molecule has 150 valence electrons. The van der Waals surface area contributed by atoms with Crippen LogP contribution in [0.5, 0.6) is 0 Å². The standard InChI is InChI=1S/C20H31N3O4/c1-4-22(12(3)24)19(25)18-16-10-21(11-17(16)18)15-8-13-6-7-14(9-15)23(13)20(26)27-5-2/h13-18H,4-11H2,1-3H3/t13?,14?,15?,16-,17+,18?. The topological polar surface area (TPSA) is 70.2 Å². The number of rotatable bonds is 4. The molecule has 4 rings (SSSR count). The molecule has 0 aromatic carbocycles. The van der Waals surface area contributed by atoms with Crippen LogP contribution in [0.1, 0.15) is 46.5 Å². The highest BCUT2D eigenvalue weighted by Crippen LogP contribution is 2.54. The maximum Gasteiger partial charge on any atom is 0.410 e. The van der Waals surface area contributed by atoms with Crippen LogP contribution in [0.4, 0.5) is 4.79 Å². The molecular weight excluding hydrogens is 346 g/mol. The lowest BCUT2D eigenvalue weighted by atomic mass is 9.96. The summed E-state index contributed by atoms with van der Waals surface area (Å²) in [6, 6.07) is 1.11. The SMILES string of the molecule is CCOC(=O)N1C2CCC1CC(N1C[C@@H]3C(C(=O)N(CC)C(C)=O)[C@@H]3C1)C2. The minimum absolute atomic E-state index is 0.0249. The van der Waals surface area contributed by atoms with E-state index in [0.29, 0.717) is 43.1 Å². The molecule has 0 spiro atoms. The van der Waals surface area contributed by atoms with E-state index in [1.165, 1.54) is 11.8 Å². The van der Waals surface area contributed by atoms with Crippen molar-refractivity contribution >= 4 is 17.9 Å². The van der Waals surface area contributed by atoms with Crippen molar-refractivity contribution in [3.63, 3.8) is 0 Å². The molecule has 3 unspecified atom stereocenters. The van der Waals surface area contributed by atoms with E-state index >= 15 is 0 Å². The summed E-state index contributed by atoms with van der Waals surface area (Å²) in [6.07, 6.45) is 4.03. The van der Waals surface area contributed by atoms with Crippen molar-refractivity contribution in [3.8, 4) is 0 Å². The van der Waals surface area contributed by atoms with E-state index in [2.05, 4.69) is 4.90 Å². The highest BCUT2D eigenvalue weighted by Gasteiger charge is 2.61. The predicted molar refractivity (Wildman–Crippen MR) is 98.8 cm³/mol. The third-order valence-electron chi connectivity index (χ3n) is 7.17. The van der Waals surface area contributed by atoms with Crippen LogP contribution in [-0.2, 0) is 14.3 Å². The molecule has 7 nitrogen and oxygen atoms in total. The van der Waals surface area contributed by atoms with Gasteiger partial charge in [-0.2, -0.15) is 0 Å². The van der Waals surface area contributed by atoms with E-state index in [0.717, 1.165) is 38.8 Å². The molecule has 2 bridgehead atoms. The van der Waals surface area contributed by atoms with Crippen molar-refractivity contribution in [3.05, 3.63) is 0 Å². The van der Waals surface area contributed by atoms with E-state index in [-0.39, 0.29) is 23.8 Å². The minimum atomic E-state index is -0.151. The molecule has 5 atom stereocenters. The van der Waals surface area contributed by atoms with Gasteiger partial charge < -0.3 is 9.64 Å². The highest BCUT2D eigenvalue weighted by molar-refractivity contribution is 5.97. The van der Waals surface area contributed by atoms with E-state index in [9.17, 15) is 14.4 Å². The normalized spacial score (nSPS) is 37.1. The van der Waals surface area contributed by atoms with Gasteiger partial charge in [0, 0.05) is 50.6 Å². The van der Waals surface area contributed by atoms with Gasteiger partial charge in [0.05, 0.1) is 6.61 Å². The Labute approximate surface area is 161 Å². The number of hydrogen-bond acceptors (Lipinski definition) is 5. The van der Waals surface area contributed by atoms with E-state index in [4.69, 9.17) is 4.74 Å². The zero-order valence-electron chi connectivity index (χ0n) is 16.6. The molecule has 0 aromatic heterocycles. The van der Waals surface area contributed by atoms with Crippen molar-refractivity contribution in [1.82, 2.24) is 14.7 Å². The van der Waals surface area contributed by atoms with Crippen LogP contribution in [0, 0.1) is 17.8 Å². The van der Waals surface area contributed by atoms with Gasteiger partial charge in [-0.05, 0) is 51.4 Å². The first kappa shape index (κ1) is 18.7. The minimum Gasteiger partial charge on any atom is -0.450 e. The third-order valence-corrected chi connectivity index (χ3v) is 7.17. The van der Waals surface area contributed by atoms with Crippen LogP contribution < -0.4 is 0 Å². The van der Waals surface area contributed by atoms with Gasteiger partial charge in [-0.3, -0.25) is 19.4 Å². The Kier molecular flexibility index (Phi) is 4.91. The molecule has 3 saturated heterocycles. The summed E-state index contributed by atoms with van der Waals surface area (Å²) in [7, 11) is 0. The van der Waals surface area contributed by atoms with Gasteiger partial charge in [-0.15, -0.1) is 0 Å². The second-order valence-corrected chi connectivity index (χ2v) is 8.53. The highest BCUT2D eigenvalue weighted by atomic mass is 16.6. The molecule has 4 fully saturated rings. The average molecular weight is 377 g/mol. The molecule has 0 radical (unpaired) electrons. The van der Waals surface area contributed by atoms with Crippen LogP contribution in [0.2, 0.25) is 0 Å². The van der Waals surface area contributed by atoms with Crippen molar-refractivity contribution in [2.75, 3.05) is 26.2 Å². The number of fused-ring (bicyclic) bond motifs is 3. The average Bonchev–Trinajstić information content (AvgIpc) is 2.99. The molecule has 3 amide bonds. The van der Waals surface area contributed by atoms with E-state index in [1.807, 2.05) is 18.7 Å². The Morgan fingerprint density at radius 3 is 2.07 bits per heavy atom. The van der Waals surface area contributed by atoms with Gasteiger partial charge in [0.1, 0.15) is 0 Å². The Bertz CT molecular complexity index is 613. The third kappa shape index (κ3) is 3.13. The number of likely N-dealkylation sites (tertiary alicyclic amines) is 1. The Balaban J connectivity index is 1.32. The zero-order chi connectivity index (χ0) is 19.3. The first-order chi connectivity index (χ1) is 13.0. The first-order valence-corrected chi connectivity index (χ1v) is 10.5. The summed E-state index contributed by atoms with van der Waals surface area (Å²) in [5.41, 5.74) is 0. The summed E-state index contributed by atoms with van der Waals surface area (Å²) in [5.74, 6) is 0.740. The molecule has 27 heavy (non-hydrogen) atoms. The molecule has 0 N–H and O–H groups in total. The van der Waals surface area contributed by atoms with Crippen LogP contribution in [0.25, 0.3) is 0 Å². The van der Waals surface area contributed by atoms with Gasteiger partial charge in [0.15, 0.2) is 0 Å². The maximum atomic E-state index is 12.6. The fourth-order valence-corrected chi connectivity index (χ4v) is 5.88. The number of ether oxygens (including phenoxy) is 1. The lowest BCUT2D eigenvalue weighted by Gasteiger charge is -2.42. The van der Waals surface area contributed by atoms with Gasteiger partial charge in [0.25, 0.3) is 0 Å². The molecule has 0 aromatic rings. The zero-order valence-corrected chi connectivity index (χ0v) is 16.6. The molecule has 7 heteroatoms. The second kappa shape index (κ2) is 7.08. The van der Waals surface area contributed by atoms with Gasteiger partial charge in [-0.1, -0.05) is 0 Å². The fraction of sp³-hybridized carbons (Fsp3) is 0.850. The number of carbonyl (C=O) groups is 3. The van der Waals surface area contributed by atoms with Gasteiger partial charge in [0.2, 0.25) is 11.8 Å². The summed E-state index contributed by atoms with van der Waals surface area (Å²) in [5, 5.41) is 0. The quantitative estimate of drug-likeness (QED) is 0.746. The Morgan fingerprint density at radius 1 is 1.00 bits per heavy atom. The summed E-state index contributed by atoms with van der Waals surface area (Å²) in [6.45, 7) is 7.99. The monoisotopic (exact) mass is 377 g/mol. The largest absolute Gasteiger partial charge is 0.450 e. The van der Waals surface area contributed by atoms with Crippen LogP contribution in [0.15, 0.2) is 0 Å². The van der Waals surface area contributed by atoms with E-state index < -0.39 is 0 Å². The van der Waals surface area contributed by atoms with Crippen molar-refractivity contribution in [1.29, 1.82) is 0 Å². The number of piperidine rings is 2. The van der Waals surface area contributed by atoms with Gasteiger partial charge in [-0.25, -0.2) is 4.79 Å². The Morgan fingerprint density at radius 2 is 1.59 bits per heavy atom. The molecule has 3 aliphatic heterocycles. The van der Waals surface area contributed by atoms with Crippen molar-refractivity contribution in [2.45, 2.75) is 64.6 Å². The maximum absolute atomic E-state index is 12.6. The van der Waals surface area contributed by atoms with E-state index in [1.54, 1.807) is 0 Å². The van der Waals surface area contributed by atoms with Crippen molar-refractivity contribution < 1.29 is 19.1 Å². The number of carbonyl (C=O) groups excluding carboxylic acids is 3. The molecule has 1 aliphatic carbocycles.